The largest absolute Gasteiger partial charge is 0.357 e. The van der Waals surface area contributed by atoms with Crippen LogP contribution in [0.1, 0.15) is 36.5 Å². The summed E-state index contributed by atoms with van der Waals surface area (Å²) in [5.41, 5.74) is 2.81. The van der Waals surface area contributed by atoms with Crippen LogP contribution in [0.25, 0.3) is 0 Å². The second kappa shape index (κ2) is 11.7. The zero-order valence-electron chi connectivity index (χ0n) is 18.4. The predicted octanol–water partition coefficient (Wildman–Crippen LogP) is 3.27. The quantitative estimate of drug-likeness (QED) is 0.309. The third-order valence-electron chi connectivity index (χ3n) is 5.10. The van der Waals surface area contributed by atoms with Crippen molar-refractivity contribution in [1.29, 1.82) is 0 Å². The van der Waals surface area contributed by atoms with Crippen molar-refractivity contribution in [2.75, 3.05) is 30.8 Å². The van der Waals surface area contributed by atoms with E-state index in [1.807, 2.05) is 32.2 Å². The third-order valence-corrected chi connectivity index (χ3v) is 6.36. The predicted molar refractivity (Wildman–Crippen MR) is 137 cm³/mol. The summed E-state index contributed by atoms with van der Waals surface area (Å²) in [5.74, 6) is 1.75. The van der Waals surface area contributed by atoms with Gasteiger partial charge in [0.25, 0.3) is 0 Å². The standard InChI is InChI=1S/C22H31N5O2S.HI/c1-4-23-22(25-14-18-7-9-20(17(2)13-18)30(3,28)29)26-16-19-8-10-21(24-15-19)27-11-5-6-12-27;/h7-10,13,15H,4-6,11-12,14,16H2,1-3H3,(H2,23,25,26);1H. The lowest BCUT2D eigenvalue weighted by Crippen LogP contribution is -2.36. The lowest BCUT2D eigenvalue weighted by atomic mass is 10.1. The minimum atomic E-state index is -3.20. The topological polar surface area (TPSA) is 86.7 Å². The lowest BCUT2D eigenvalue weighted by Gasteiger charge is -2.16. The maximum atomic E-state index is 11.8. The second-order valence-corrected chi connectivity index (χ2v) is 9.62. The van der Waals surface area contributed by atoms with Crippen molar-refractivity contribution in [2.45, 2.75) is 44.7 Å². The maximum absolute atomic E-state index is 11.8. The Kier molecular flexibility index (Phi) is 9.54. The number of aliphatic imine (C=N–C) groups is 1. The minimum absolute atomic E-state index is 0. The molecular formula is C22H32IN5O2S. The van der Waals surface area contributed by atoms with Crippen molar-refractivity contribution in [2.24, 2.45) is 4.99 Å². The van der Waals surface area contributed by atoms with Crippen molar-refractivity contribution in [1.82, 2.24) is 15.6 Å². The number of benzene rings is 1. The van der Waals surface area contributed by atoms with E-state index in [0.29, 0.717) is 23.9 Å². The number of nitrogens with zero attached hydrogens (tertiary/aromatic N) is 3. The highest BCUT2D eigenvalue weighted by molar-refractivity contribution is 14.0. The Morgan fingerprint density at radius 2 is 1.84 bits per heavy atom. The van der Waals surface area contributed by atoms with E-state index >= 15 is 0 Å². The monoisotopic (exact) mass is 557 g/mol. The number of guanidine groups is 1. The molecule has 0 aliphatic carbocycles. The van der Waals surface area contributed by atoms with E-state index < -0.39 is 9.84 Å². The summed E-state index contributed by atoms with van der Waals surface area (Å²) in [5, 5.41) is 6.55. The van der Waals surface area contributed by atoms with Crippen LogP contribution in [-0.2, 0) is 22.9 Å². The van der Waals surface area contributed by atoms with Crippen molar-refractivity contribution in [3.8, 4) is 0 Å². The van der Waals surface area contributed by atoms with Crippen LogP contribution in [0, 0.1) is 6.92 Å². The number of rotatable bonds is 7. The van der Waals surface area contributed by atoms with Gasteiger partial charge in [0.05, 0.1) is 11.4 Å². The molecule has 3 rings (SSSR count). The fraction of sp³-hybridized carbons (Fsp3) is 0.455. The number of sulfone groups is 1. The SMILES string of the molecule is CCNC(=NCc1ccc(N2CCCC2)nc1)NCc1ccc(S(C)(=O)=O)c(C)c1.I. The number of aryl methyl sites for hydroxylation is 1. The molecule has 2 N–H and O–H groups in total. The van der Waals surface area contributed by atoms with Crippen molar-refractivity contribution < 1.29 is 8.42 Å². The summed E-state index contributed by atoms with van der Waals surface area (Å²) in [6.07, 6.45) is 5.60. The normalized spacial score (nSPS) is 14.3. The fourth-order valence-electron chi connectivity index (χ4n) is 3.58. The van der Waals surface area contributed by atoms with Gasteiger partial charge in [0, 0.05) is 38.6 Å². The van der Waals surface area contributed by atoms with Gasteiger partial charge in [-0.1, -0.05) is 18.2 Å². The lowest BCUT2D eigenvalue weighted by molar-refractivity contribution is 0.601. The van der Waals surface area contributed by atoms with E-state index in [1.165, 1.54) is 19.1 Å². The van der Waals surface area contributed by atoms with Crippen molar-refractivity contribution in [3.05, 3.63) is 53.2 Å². The van der Waals surface area contributed by atoms with Gasteiger partial charge in [0.1, 0.15) is 5.82 Å². The zero-order valence-corrected chi connectivity index (χ0v) is 21.5. The molecule has 0 radical (unpaired) electrons. The van der Waals surface area contributed by atoms with Crippen LogP contribution in [0.2, 0.25) is 0 Å². The smallest absolute Gasteiger partial charge is 0.191 e. The van der Waals surface area contributed by atoms with E-state index in [1.54, 1.807) is 6.07 Å². The first kappa shape index (κ1) is 25.4. The molecule has 0 atom stereocenters. The average Bonchev–Trinajstić information content (AvgIpc) is 3.24. The minimum Gasteiger partial charge on any atom is -0.357 e. The number of aromatic nitrogens is 1. The zero-order chi connectivity index (χ0) is 21.6. The Morgan fingerprint density at radius 3 is 2.42 bits per heavy atom. The van der Waals surface area contributed by atoms with Crippen LogP contribution in [0.15, 0.2) is 46.4 Å². The Balaban J connectivity index is 0.00000341. The molecule has 2 aromatic rings. The Labute approximate surface area is 202 Å². The highest BCUT2D eigenvalue weighted by atomic mass is 127. The molecule has 1 aromatic carbocycles. The van der Waals surface area contributed by atoms with E-state index in [4.69, 9.17) is 0 Å². The number of halogens is 1. The number of anilines is 1. The molecule has 0 bridgehead atoms. The van der Waals surface area contributed by atoms with Gasteiger partial charge in [-0.2, -0.15) is 0 Å². The molecule has 170 valence electrons. The number of nitrogens with one attached hydrogen (secondary N) is 2. The molecule has 9 heteroatoms. The summed E-state index contributed by atoms with van der Waals surface area (Å²) in [6.45, 7) is 7.86. The fourth-order valence-corrected chi connectivity index (χ4v) is 4.54. The van der Waals surface area contributed by atoms with Gasteiger partial charge < -0.3 is 15.5 Å². The van der Waals surface area contributed by atoms with E-state index in [9.17, 15) is 8.42 Å². The summed E-state index contributed by atoms with van der Waals surface area (Å²) >= 11 is 0. The van der Waals surface area contributed by atoms with Gasteiger partial charge in [-0.3, -0.25) is 0 Å². The van der Waals surface area contributed by atoms with Crippen LogP contribution in [0.3, 0.4) is 0 Å². The number of hydrogen-bond acceptors (Lipinski definition) is 5. The maximum Gasteiger partial charge on any atom is 0.191 e. The number of pyridine rings is 1. The van der Waals surface area contributed by atoms with Crippen LogP contribution in [0.5, 0.6) is 0 Å². The first-order valence-electron chi connectivity index (χ1n) is 10.4. The molecule has 1 fully saturated rings. The van der Waals surface area contributed by atoms with Crippen molar-refractivity contribution >= 4 is 45.6 Å². The molecule has 0 spiro atoms. The van der Waals surface area contributed by atoms with Crippen LogP contribution >= 0.6 is 24.0 Å². The Bertz CT molecular complexity index is 987. The van der Waals surface area contributed by atoms with E-state index in [0.717, 1.165) is 42.1 Å². The number of hydrogen-bond donors (Lipinski definition) is 2. The molecule has 1 aliphatic rings. The molecule has 1 aromatic heterocycles. The van der Waals surface area contributed by atoms with E-state index in [2.05, 4.69) is 37.6 Å². The molecule has 1 saturated heterocycles. The van der Waals surface area contributed by atoms with Crippen LogP contribution in [0.4, 0.5) is 5.82 Å². The van der Waals surface area contributed by atoms with Gasteiger partial charge in [0.15, 0.2) is 15.8 Å². The third kappa shape index (κ3) is 7.34. The summed E-state index contributed by atoms with van der Waals surface area (Å²) < 4.78 is 23.6. The van der Waals surface area contributed by atoms with E-state index in [-0.39, 0.29) is 24.0 Å². The van der Waals surface area contributed by atoms with Gasteiger partial charge in [0.2, 0.25) is 0 Å². The molecule has 7 nitrogen and oxygen atoms in total. The second-order valence-electron chi connectivity index (χ2n) is 7.64. The highest BCUT2D eigenvalue weighted by Gasteiger charge is 2.13. The molecule has 2 heterocycles. The summed E-state index contributed by atoms with van der Waals surface area (Å²) in [6, 6.07) is 9.55. The van der Waals surface area contributed by atoms with Crippen molar-refractivity contribution in [3.63, 3.8) is 0 Å². The van der Waals surface area contributed by atoms with Gasteiger partial charge in [-0.05, 0) is 55.5 Å². The first-order valence-corrected chi connectivity index (χ1v) is 12.3. The molecule has 31 heavy (non-hydrogen) atoms. The Hall–Kier alpha value is -1.88. The molecule has 0 amide bonds. The van der Waals surface area contributed by atoms with Gasteiger partial charge in [-0.15, -0.1) is 24.0 Å². The highest BCUT2D eigenvalue weighted by Crippen LogP contribution is 2.18. The summed E-state index contributed by atoms with van der Waals surface area (Å²) in [7, 11) is -3.20. The van der Waals surface area contributed by atoms with Crippen LogP contribution in [-0.4, -0.2) is 45.3 Å². The van der Waals surface area contributed by atoms with Gasteiger partial charge >= 0.3 is 0 Å². The van der Waals surface area contributed by atoms with Gasteiger partial charge in [-0.25, -0.2) is 18.4 Å². The first-order chi connectivity index (χ1) is 14.4. The molecule has 0 saturated carbocycles. The summed E-state index contributed by atoms with van der Waals surface area (Å²) in [4.78, 5) is 11.9. The van der Waals surface area contributed by atoms with Crippen LogP contribution < -0.4 is 15.5 Å². The molecule has 0 unspecified atom stereocenters. The molecule has 1 aliphatic heterocycles. The average molecular weight is 558 g/mol. The Morgan fingerprint density at radius 1 is 1.13 bits per heavy atom. The molecular weight excluding hydrogens is 525 g/mol.